The lowest BCUT2D eigenvalue weighted by Gasteiger charge is -2.55. The summed E-state index contributed by atoms with van der Waals surface area (Å²) in [7, 11) is 0. The zero-order valence-electron chi connectivity index (χ0n) is 9.79. The summed E-state index contributed by atoms with van der Waals surface area (Å²) in [5.74, 6) is 0.771. The predicted octanol–water partition coefficient (Wildman–Crippen LogP) is 1.55. The van der Waals surface area contributed by atoms with Crippen LogP contribution in [-0.2, 0) is 4.74 Å². The molecule has 3 nitrogen and oxygen atoms in total. The molecule has 0 spiro atoms. The lowest BCUT2D eigenvalue weighted by Crippen LogP contribution is -2.66. The van der Waals surface area contributed by atoms with Crippen LogP contribution in [0, 0.1) is 28.6 Å². The molecule has 1 saturated carbocycles. The number of fused-ring (bicyclic) bond motifs is 1. The average molecular weight is 208 g/mol. The van der Waals surface area contributed by atoms with Crippen LogP contribution in [-0.4, -0.2) is 25.3 Å². The summed E-state index contributed by atoms with van der Waals surface area (Å²) >= 11 is 0. The molecule has 4 unspecified atom stereocenters. The van der Waals surface area contributed by atoms with Gasteiger partial charge >= 0.3 is 0 Å². The van der Waals surface area contributed by atoms with Gasteiger partial charge in [-0.3, -0.25) is 0 Å². The first-order chi connectivity index (χ1) is 7.07. The summed E-state index contributed by atoms with van der Waals surface area (Å²) in [5, 5.41) is 12.3. The molecule has 2 fully saturated rings. The molecule has 2 rings (SSSR count). The van der Waals surface area contributed by atoms with Gasteiger partial charge in [0.1, 0.15) is 0 Å². The largest absolute Gasteiger partial charge is 0.377 e. The van der Waals surface area contributed by atoms with Gasteiger partial charge in [0.15, 0.2) is 0 Å². The number of nitrogens with zero attached hydrogens (tertiary/aromatic N) is 1. The van der Waals surface area contributed by atoms with Gasteiger partial charge in [0.2, 0.25) is 0 Å². The van der Waals surface area contributed by atoms with Crippen LogP contribution in [0.25, 0.3) is 0 Å². The van der Waals surface area contributed by atoms with Crippen LogP contribution in [0.3, 0.4) is 0 Å². The summed E-state index contributed by atoms with van der Waals surface area (Å²) in [6, 6.07) is 2.79. The van der Waals surface area contributed by atoms with Crippen LogP contribution < -0.4 is 5.32 Å². The van der Waals surface area contributed by atoms with E-state index >= 15 is 0 Å². The van der Waals surface area contributed by atoms with Crippen molar-refractivity contribution in [2.24, 2.45) is 17.3 Å². The van der Waals surface area contributed by atoms with Crippen LogP contribution in [0.2, 0.25) is 0 Å². The number of nitrogens with one attached hydrogen (secondary N) is 1. The van der Waals surface area contributed by atoms with Crippen molar-refractivity contribution in [3.05, 3.63) is 0 Å². The lowest BCUT2D eigenvalue weighted by molar-refractivity contribution is -0.112. The van der Waals surface area contributed by atoms with Crippen molar-refractivity contribution >= 4 is 0 Å². The van der Waals surface area contributed by atoms with Crippen molar-refractivity contribution < 1.29 is 4.74 Å². The maximum Gasteiger partial charge on any atom is 0.0685 e. The van der Waals surface area contributed by atoms with Crippen molar-refractivity contribution in [1.29, 1.82) is 5.26 Å². The molecular formula is C12H20N2O. The Morgan fingerprint density at radius 1 is 1.60 bits per heavy atom. The molecule has 0 aromatic heterocycles. The van der Waals surface area contributed by atoms with Gasteiger partial charge in [0, 0.05) is 30.5 Å². The molecular weight excluding hydrogens is 188 g/mol. The van der Waals surface area contributed by atoms with Gasteiger partial charge < -0.3 is 10.1 Å². The second kappa shape index (κ2) is 3.77. The van der Waals surface area contributed by atoms with Gasteiger partial charge in [0.25, 0.3) is 0 Å². The van der Waals surface area contributed by atoms with E-state index in [2.05, 4.69) is 25.2 Å². The number of nitriles is 1. The second-order valence-corrected chi connectivity index (χ2v) is 5.48. The Balaban J connectivity index is 1.90. The van der Waals surface area contributed by atoms with E-state index in [0.717, 1.165) is 13.2 Å². The summed E-state index contributed by atoms with van der Waals surface area (Å²) in [5.41, 5.74) is 0.232. The van der Waals surface area contributed by atoms with E-state index < -0.39 is 0 Å². The third-order valence-electron chi connectivity index (χ3n) is 3.96. The van der Waals surface area contributed by atoms with E-state index in [-0.39, 0.29) is 11.3 Å². The van der Waals surface area contributed by atoms with Gasteiger partial charge in [-0.2, -0.15) is 5.26 Å². The Hall–Kier alpha value is -0.590. The number of ether oxygens (including phenoxy) is 1. The summed E-state index contributed by atoms with van der Waals surface area (Å²) < 4.78 is 5.73. The van der Waals surface area contributed by atoms with Crippen LogP contribution in [0.1, 0.15) is 27.2 Å². The summed E-state index contributed by atoms with van der Waals surface area (Å²) in [6.45, 7) is 8.18. The van der Waals surface area contributed by atoms with Crippen LogP contribution in [0.5, 0.6) is 0 Å². The molecule has 1 aliphatic heterocycles. The van der Waals surface area contributed by atoms with Crippen molar-refractivity contribution in [2.75, 3.05) is 13.2 Å². The predicted molar refractivity (Wildman–Crippen MR) is 58.2 cm³/mol. The van der Waals surface area contributed by atoms with Crippen molar-refractivity contribution in [3.8, 4) is 6.07 Å². The molecule has 3 heteroatoms. The Bertz CT molecular complexity index is 282. The fourth-order valence-electron chi connectivity index (χ4n) is 3.09. The first kappa shape index (κ1) is 10.9. The molecule has 0 aromatic carbocycles. The maximum absolute atomic E-state index is 8.74. The smallest absolute Gasteiger partial charge is 0.0685 e. The molecule has 1 aliphatic carbocycles. The first-order valence-corrected chi connectivity index (χ1v) is 5.82. The Morgan fingerprint density at radius 3 is 3.00 bits per heavy atom. The minimum atomic E-state index is 0.0992. The molecule has 4 atom stereocenters. The second-order valence-electron chi connectivity index (χ2n) is 5.48. The molecule has 0 aromatic rings. The van der Waals surface area contributed by atoms with Gasteiger partial charge in [-0.25, -0.2) is 0 Å². The van der Waals surface area contributed by atoms with E-state index in [1.54, 1.807) is 0 Å². The number of hydrogen-bond donors (Lipinski definition) is 1. The highest BCUT2D eigenvalue weighted by atomic mass is 16.5. The molecule has 15 heavy (non-hydrogen) atoms. The SMILES string of the molecule is CC(C#N)CNC1C2CCOC2C1(C)C. The van der Waals surface area contributed by atoms with Gasteiger partial charge in [0.05, 0.1) is 18.1 Å². The highest BCUT2D eigenvalue weighted by Crippen LogP contribution is 2.52. The Kier molecular flexibility index (Phi) is 2.74. The molecule has 0 amide bonds. The molecule has 1 heterocycles. The van der Waals surface area contributed by atoms with Gasteiger partial charge in [-0.05, 0) is 13.3 Å². The molecule has 0 bridgehead atoms. The van der Waals surface area contributed by atoms with Crippen molar-refractivity contribution in [3.63, 3.8) is 0 Å². The minimum Gasteiger partial charge on any atom is -0.377 e. The minimum absolute atomic E-state index is 0.0992. The van der Waals surface area contributed by atoms with E-state index in [9.17, 15) is 0 Å². The van der Waals surface area contributed by atoms with Crippen molar-refractivity contribution in [2.45, 2.75) is 39.3 Å². The standard InChI is InChI=1S/C12H20N2O/c1-8(6-13)7-14-10-9-4-5-15-11(9)12(10,2)3/h8-11,14H,4-5,7H2,1-3H3. The fraction of sp³-hybridized carbons (Fsp3) is 0.917. The van der Waals surface area contributed by atoms with E-state index in [0.29, 0.717) is 18.1 Å². The lowest BCUT2D eigenvalue weighted by atomic mass is 9.57. The van der Waals surface area contributed by atoms with Gasteiger partial charge in [-0.15, -0.1) is 0 Å². The van der Waals surface area contributed by atoms with Gasteiger partial charge in [-0.1, -0.05) is 13.8 Å². The third-order valence-corrected chi connectivity index (χ3v) is 3.96. The van der Waals surface area contributed by atoms with Crippen LogP contribution in [0.15, 0.2) is 0 Å². The number of rotatable bonds is 3. The van der Waals surface area contributed by atoms with E-state index in [1.807, 2.05) is 6.92 Å². The Labute approximate surface area is 91.8 Å². The van der Waals surface area contributed by atoms with E-state index in [1.165, 1.54) is 6.42 Å². The molecule has 1 saturated heterocycles. The normalized spacial score (nSPS) is 38.9. The summed E-state index contributed by atoms with van der Waals surface area (Å²) in [4.78, 5) is 0. The maximum atomic E-state index is 8.74. The Morgan fingerprint density at radius 2 is 2.33 bits per heavy atom. The zero-order chi connectivity index (χ0) is 11.1. The molecule has 1 N–H and O–H groups in total. The van der Waals surface area contributed by atoms with Crippen molar-refractivity contribution in [1.82, 2.24) is 5.32 Å². The first-order valence-electron chi connectivity index (χ1n) is 5.82. The van der Waals surface area contributed by atoms with E-state index in [4.69, 9.17) is 10.00 Å². The molecule has 0 radical (unpaired) electrons. The van der Waals surface area contributed by atoms with Crippen LogP contribution in [0.4, 0.5) is 0 Å². The monoisotopic (exact) mass is 208 g/mol. The third kappa shape index (κ3) is 1.66. The highest BCUT2D eigenvalue weighted by molar-refractivity contribution is 5.11. The topological polar surface area (TPSA) is 45.0 Å². The quantitative estimate of drug-likeness (QED) is 0.765. The average Bonchev–Trinajstić information content (AvgIpc) is 2.63. The fourth-order valence-corrected chi connectivity index (χ4v) is 3.09. The molecule has 84 valence electrons. The summed E-state index contributed by atoms with van der Waals surface area (Å²) in [6.07, 6.45) is 1.61. The highest BCUT2D eigenvalue weighted by Gasteiger charge is 2.58. The number of hydrogen-bond acceptors (Lipinski definition) is 3. The zero-order valence-corrected chi connectivity index (χ0v) is 9.79. The van der Waals surface area contributed by atoms with Crippen LogP contribution >= 0.6 is 0 Å². The molecule has 2 aliphatic rings.